The highest BCUT2D eigenvalue weighted by Gasteiger charge is 2.36. The minimum atomic E-state index is -3.74. The first kappa shape index (κ1) is 29.9. The van der Waals surface area contributed by atoms with Crippen LogP contribution in [-0.4, -0.2) is 74.2 Å². The van der Waals surface area contributed by atoms with Gasteiger partial charge in [0.15, 0.2) is 0 Å². The number of halogens is 3. The van der Waals surface area contributed by atoms with Gasteiger partial charge in [0, 0.05) is 57.3 Å². The molecule has 2 saturated heterocycles. The van der Waals surface area contributed by atoms with Gasteiger partial charge in [-0.25, -0.2) is 17.2 Å². The molecular formula is C26H33ClF2N4O4S2. The summed E-state index contributed by atoms with van der Waals surface area (Å²) in [6.45, 7) is 3.82. The Kier molecular flexibility index (Phi) is 9.97. The van der Waals surface area contributed by atoms with E-state index in [1.807, 2.05) is 6.92 Å². The molecule has 2 fully saturated rings. The van der Waals surface area contributed by atoms with Crippen molar-refractivity contribution in [3.8, 4) is 0 Å². The molecule has 1 aromatic heterocycles. The zero-order valence-electron chi connectivity index (χ0n) is 21.7. The van der Waals surface area contributed by atoms with Crippen molar-refractivity contribution < 1.29 is 26.8 Å². The van der Waals surface area contributed by atoms with Crippen LogP contribution in [0.3, 0.4) is 0 Å². The maximum atomic E-state index is 13.9. The number of carbonyl (C=O) groups is 2. The van der Waals surface area contributed by atoms with E-state index in [1.165, 1.54) is 22.5 Å². The van der Waals surface area contributed by atoms with E-state index in [9.17, 15) is 26.8 Å². The van der Waals surface area contributed by atoms with Gasteiger partial charge in [-0.1, -0.05) is 24.9 Å². The van der Waals surface area contributed by atoms with E-state index in [0.29, 0.717) is 36.0 Å². The van der Waals surface area contributed by atoms with Crippen molar-refractivity contribution >= 4 is 44.8 Å². The van der Waals surface area contributed by atoms with Crippen molar-refractivity contribution in [3.63, 3.8) is 0 Å². The Balaban J connectivity index is 1.47. The van der Waals surface area contributed by atoms with Crippen LogP contribution in [0.2, 0.25) is 4.34 Å². The predicted molar refractivity (Wildman–Crippen MR) is 146 cm³/mol. The number of piperazine rings is 1. The molecule has 4 rings (SSSR count). The van der Waals surface area contributed by atoms with Crippen LogP contribution in [0, 0.1) is 17.6 Å². The molecule has 0 saturated carbocycles. The summed E-state index contributed by atoms with van der Waals surface area (Å²) in [6, 6.07) is 5.38. The Morgan fingerprint density at radius 1 is 1.23 bits per heavy atom. The summed E-state index contributed by atoms with van der Waals surface area (Å²) in [4.78, 5) is 27.3. The van der Waals surface area contributed by atoms with Crippen LogP contribution in [0.5, 0.6) is 0 Å². The Hall–Kier alpha value is -2.12. The number of unbranched alkanes of at least 4 members (excludes halogenated alkanes) is 1. The zero-order chi connectivity index (χ0) is 28.2. The average molecular weight is 603 g/mol. The van der Waals surface area contributed by atoms with Crippen LogP contribution in [0.4, 0.5) is 8.78 Å². The van der Waals surface area contributed by atoms with Crippen molar-refractivity contribution in [1.82, 2.24) is 19.8 Å². The second-order valence-corrected chi connectivity index (χ2v) is 14.0. The van der Waals surface area contributed by atoms with Crippen molar-refractivity contribution in [1.29, 1.82) is 0 Å². The number of benzene rings is 1. The van der Waals surface area contributed by atoms with Gasteiger partial charge in [0.2, 0.25) is 11.8 Å². The topological polar surface area (TPSA) is 98.8 Å². The number of likely N-dealkylation sites (tertiary alicyclic amines) is 1. The molecule has 0 radical (unpaired) electrons. The molecular weight excluding hydrogens is 570 g/mol. The molecule has 39 heavy (non-hydrogen) atoms. The molecule has 1 aromatic carbocycles. The monoisotopic (exact) mass is 602 g/mol. The first-order valence-electron chi connectivity index (χ1n) is 13.1. The quantitative estimate of drug-likeness (QED) is 0.411. The second-order valence-electron chi connectivity index (χ2n) is 10.1. The molecule has 2 aliphatic heterocycles. The minimum Gasteiger partial charge on any atom is -0.353 e. The van der Waals surface area contributed by atoms with Gasteiger partial charge in [-0.2, -0.15) is 4.31 Å². The van der Waals surface area contributed by atoms with Gasteiger partial charge in [0.25, 0.3) is 10.0 Å². The van der Waals surface area contributed by atoms with Gasteiger partial charge in [0.05, 0.1) is 10.3 Å². The molecule has 2 N–H and O–H groups in total. The van der Waals surface area contributed by atoms with Gasteiger partial charge < -0.3 is 15.5 Å². The number of nitrogens with zero attached hydrogens (tertiary/aromatic N) is 2. The van der Waals surface area contributed by atoms with Crippen LogP contribution >= 0.6 is 22.9 Å². The fourth-order valence-electron chi connectivity index (χ4n) is 5.12. The third-order valence-corrected chi connectivity index (χ3v) is 10.6. The van der Waals surface area contributed by atoms with Crippen LogP contribution < -0.4 is 10.6 Å². The molecule has 13 heteroatoms. The van der Waals surface area contributed by atoms with Crippen molar-refractivity contribution in [2.24, 2.45) is 5.92 Å². The fraction of sp³-hybridized carbons (Fsp3) is 0.538. The molecule has 3 atom stereocenters. The number of carbonyl (C=O) groups excluding carboxylic acids is 2. The highest BCUT2D eigenvalue weighted by atomic mass is 35.5. The number of nitrogens with one attached hydrogen (secondary N) is 2. The third-order valence-electron chi connectivity index (χ3n) is 7.05. The van der Waals surface area contributed by atoms with E-state index in [0.717, 1.165) is 30.2 Å². The summed E-state index contributed by atoms with van der Waals surface area (Å²) in [6.07, 6.45) is 2.38. The largest absolute Gasteiger partial charge is 0.353 e. The summed E-state index contributed by atoms with van der Waals surface area (Å²) in [7, 11) is -3.74. The number of hydrogen-bond acceptors (Lipinski definition) is 6. The lowest BCUT2D eigenvalue weighted by Gasteiger charge is -2.35. The van der Waals surface area contributed by atoms with E-state index < -0.39 is 33.6 Å². The van der Waals surface area contributed by atoms with E-state index in [4.69, 9.17) is 11.6 Å². The number of amides is 2. The Bertz CT molecular complexity index is 1270. The summed E-state index contributed by atoms with van der Waals surface area (Å²) in [5.74, 6) is -2.30. The SMILES string of the molecule is CCCCN1CC(C(=O)NC(Cc2cc(F)cc(F)c2)C[C@H]2CN(S(=O)(=O)c3ccc(Cl)s3)CCN2)CC1=O. The van der Waals surface area contributed by atoms with Gasteiger partial charge >= 0.3 is 0 Å². The van der Waals surface area contributed by atoms with Crippen LogP contribution in [0.25, 0.3) is 0 Å². The molecule has 2 unspecified atom stereocenters. The molecule has 8 nitrogen and oxygen atoms in total. The fourth-order valence-corrected chi connectivity index (χ4v) is 8.24. The molecule has 214 valence electrons. The number of thiophene rings is 1. The number of sulfonamides is 1. The van der Waals surface area contributed by atoms with E-state index in [2.05, 4.69) is 10.6 Å². The van der Waals surface area contributed by atoms with Crippen molar-refractivity contribution in [2.45, 2.75) is 55.3 Å². The molecule has 0 spiro atoms. The van der Waals surface area contributed by atoms with E-state index in [1.54, 1.807) is 11.0 Å². The highest BCUT2D eigenvalue weighted by molar-refractivity contribution is 7.91. The summed E-state index contributed by atoms with van der Waals surface area (Å²) in [5, 5.41) is 6.30. The first-order valence-corrected chi connectivity index (χ1v) is 15.7. The molecule has 2 aliphatic rings. The molecule has 2 amide bonds. The number of rotatable bonds is 11. The predicted octanol–water partition coefficient (Wildman–Crippen LogP) is 3.41. The molecule has 0 bridgehead atoms. The molecule has 2 aromatic rings. The van der Waals surface area contributed by atoms with E-state index >= 15 is 0 Å². The minimum absolute atomic E-state index is 0.0594. The van der Waals surface area contributed by atoms with Crippen molar-refractivity contribution in [2.75, 3.05) is 32.7 Å². The highest BCUT2D eigenvalue weighted by Crippen LogP contribution is 2.29. The summed E-state index contributed by atoms with van der Waals surface area (Å²) < 4.78 is 56.0. The van der Waals surface area contributed by atoms with E-state index in [-0.39, 0.29) is 48.0 Å². The Labute approximate surface area is 236 Å². The lowest BCUT2D eigenvalue weighted by Crippen LogP contribution is -2.55. The maximum Gasteiger partial charge on any atom is 0.252 e. The standard InChI is InChI=1S/C26H33ClF2N4O4S2/c1-2-3-7-32-15-18(12-24(32)34)26(35)31-21(11-17-9-19(28)13-20(29)10-17)14-22-16-33(8-6-30-22)39(36,37)25-5-4-23(27)38-25/h4-5,9-10,13,18,21-22,30H,2-3,6-8,11-12,14-16H2,1H3,(H,31,35)/t18?,21?,22-/m0/s1. The van der Waals surface area contributed by atoms with Crippen LogP contribution in [0.1, 0.15) is 38.2 Å². The van der Waals surface area contributed by atoms with Crippen LogP contribution in [0.15, 0.2) is 34.5 Å². The second kappa shape index (κ2) is 13.0. The lowest BCUT2D eigenvalue weighted by molar-refractivity contribution is -0.129. The van der Waals surface area contributed by atoms with Gasteiger partial charge in [-0.3, -0.25) is 9.59 Å². The number of hydrogen-bond donors (Lipinski definition) is 2. The molecule has 3 heterocycles. The Morgan fingerprint density at radius 3 is 2.64 bits per heavy atom. The zero-order valence-corrected chi connectivity index (χ0v) is 24.1. The Morgan fingerprint density at radius 2 is 1.97 bits per heavy atom. The van der Waals surface area contributed by atoms with Crippen LogP contribution in [-0.2, 0) is 26.0 Å². The van der Waals surface area contributed by atoms with Gasteiger partial charge in [0.1, 0.15) is 15.8 Å². The van der Waals surface area contributed by atoms with Gasteiger partial charge in [-0.05, 0) is 49.1 Å². The van der Waals surface area contributed by atoms with Gasteiger partial charge in [-0.15, -0.1) is 11.3 Å². The van der Waals surface area contributed by atoms with Crippen molar-refractivity contribution in [3.05, 3.63) is 51.9 Å². The lowest BCUT2D eigenvalue weighted by atomic mass is 9.97. The average Bonchev–Trinajstić information content (AvgIpc) is 3.48. The third kappa shape index (κ3) is 7.75. The summed E-state index contributed by atoms with van der Waals surface area (Å²) in [5.41, 5.74) is 0.374. The smallest absolute Gasteiger partial charge is 0.252 e. The molecule has 0 aliphatic carbocycles. The first-order chi connectivity index (χ1) is 18.5. The summed E-state index contributed by atoms with van der Waals surface area (Å²) >= 11 is 6.94. The normalized spacial score (nSPS) is 21.3. The maximum absolute atomic E-state index is 13.9.